The van der Waals surface area contributed by atoms with Crippen molar-refractivity contribution in [3.05, 3.63) is 18.2 Å². The average Bonchev–Trinajstić information content (AvgIpc) is 3.36. The van der Waals surface area contributed by atoms with Crippen LogP contribution in [0.3, 0.4) is 0 Å². The predicted molar refractivity (Wildman–Crippen MR) is 92.5 cm³/mol. The number of aromatic nitrogens is 1. The summed E-state index contributed by atoms with van der Waals surface area (Å²) in [5.74, 6) is 2.31. The zero-order valence-electron chi connectivity index (χ0n) is 14.8. The van der Waals surface area contributed by atoms with E-state index in [-0.39, 0.29) is 6.09 Å². The molecule has 1 amide bonds. The Morgan fingerprint density at radius 2 is 1.92 bits per heavy atom. The summed E-state index contributed by atoms with van der Waals surface area (Å²) in [6, 6.07) is 5.88. The van der Waals surface area contributed by atoms with Gasteiger partial charge in [-0.05, 0) is 45.6 Å². The molecule has 0 unspecified atom stereocenters. The van der Waals surface area contributed by atoms with Crippen LogP contribution >= 0.6 is 0 Å². The van der Waals surface area contributed by atoms with Gasteiger partial charge < -0.3 is 19.3 Å². The first-order valence-electron chi connectivity index (χ1n) is 8.73. The van der Waals surface area contributed by atoms with E-state index >= 15 is 0 Å². The first-order valence-corrected chi connectivity index (χ1v) is 8.73. The van der Waals surface area contributed by atoms with Gasteiger partial charge in [-0.3, -0.25) is 0 Å². The standard InChI is InChI=1S/C18H27N3O3/c1-18(2,3)24-17(22)21-11-9-20(10-12-21)15-5-4-6-16(19-15)23-13-14-7-8-14/h4-6,14H,7-13H2,1-3H3. The van der Waals surface area contributed by atoms with Gasteiger partial charge in [0.15, 0.2) is 0 Å². The van der Waals surface area contributed by atoms with Crippen molar-refractivity contribution in [1.29, 1.82) is 0 Å². The Labute approximate surface area is 143 Å². The number of hydrogen-bond acceptors (Lipinski definition) is 5. The number of piperazine rings is 1. The maximum absolute atomic E-state index is 12.1. The fourth-order valence-electron chi connectivity index (χ4n) is 2.59. The van der Waals surface area contributed by atoms with Crippen molar-refractivity contribution >= 4 is 11.9 Å². The second-order valence-electron chi connectivity index (χ2n) is 7.54. The van der Waals surface area contributed by atoms with Crippen LogP contribution < -0.4 is 9.64 Å². The molecule has 1 saturated carbocycles. The van der Waals surface area contributed by atoms with Crippen molar-refractivity contribution in [2.45, 2.75) is 39.2 Å². The van der Waals surface area contributed by atoms with Crippen LogP contribution in [0.5, 0.6) is 5.88 Å². The van der Waals surface area contributed by atoms with E-state index in [1.807, 2.05) is 39.0 Å². The summed E-state index contributed by atoms with van der Waals surface area (Å²) in [6.45, 7) is 9.21. The van der Waals surface area contributed by atoms with Crippen LogP contribution in [0, 0.1) is 5.92 Å². The number of rotatable bonds is 4. The Bertz CT molecular complexity index is 573. The van der Waals surface area contributed by atoms with E-state index in [1.54, 1.807) is 4.90 Å². The second-order valence-corrected chi connectivity index (χ2v) is 7.54. The van der Waals surface area contributed by atoms with Crippen molar-refractivity contribution in [3.63, 3.8) is 0 Å². The molecule has 0 aromatic carbocycles. The van der Waals surface area contributed by atoms with Crippen LogP contribution in [-0.4, -0.2) is 54.4 Å². The number of carbonyl (C=O) groups excluding carboxylic acids is 1. The number of hydrogen-bond donors (Lipinski definition) is 0. The minimum absolute atomic E-state index is 0.239. The third kappa shape index (κ3) is 4.76. The maximum Gasteiger partial charge on any atom is 0.410 e. The van der Waals surface area contributed by atoms with Crippen molar-refractivity contribution in [2.75, 3.05) is 37.7 Å². The first kappa shape index (κ1) is 16.9. The van der Waals surface area contributed by atoms with Crippen LogP contribution in [0.2, 0.25) is 0 Å². The molecule has 1 aliphatic heterocycles. The molecule has 6 nitrogen and oxygen atoms in total. The van der Waals surface area contributed by atoms with Gasteiger partial charge in [0, 0.05) is 32.2 Å². The molecule has 132 valence electrons. The number of nitrogens with zero attached hydrogens (tertiary/aromatic N) is 3. The fourth-order valence-corrected chi connectivity index (χ4v) is 2.59. The number of carbonyl (C=O) groups is 1. The molecule has 0 radical (unpaired) electrons. The molecule has 6 heteroatoms. The van der Waals surface area contributed by atoms with E-state index < -0.39 is 5.60 Å². The summed E-state index contributed by atoms with van der Waals surface area (Å²) in [6.07, 6.45) is 2.30. The van der Waals surface area contributed by atoms with E-state index in [0.717, 1.165) is 25.5 Å². The molecule has 2 aliphatic rings. The summed E-state index contributed by atoms with van der Waals surface area (Å²) in [4.78, 5) is 20.7. The minimum Gasteiger partial charge on any atom is -0.477 e. The normalized spacial score (nSPS) is 18.5. The van der Waals surface area contributed by atoms with Crippen molar-refractivity contribution < 1.29 is 14.3 Å². The lowest BCUT2D eigenvalue weighted by atomic mass is 10.2. The summed E-state index contributed by atoms with van der Waals surface area (Å²) in [7, 11) is 0. The SMILES string of the molecule is CC(C)(C)OC(=O)N1CCN(c2cccc(OCC3CC3)n2)CC1. The van der Waals surface area contributed by atoms with E-state index in [9.17, 15) is 4.79 Å². The molecule has 0 atom stereocenters. The van der Waals surface area contributed by atoms with Crippen LogP contribution in [-0.2, 0) is 4.74 Å². The van der Waals surface area contributed by atoms with E-state index in [0.29, 0.717) is 24.9 Å². The van der Waals surface area contributed by atoms with Crippen molar-refractivity contribution in [2.24, 2.45) is 5.92 Å². The van der Waals surface area contributed by atoms with Gasteiger partial charge in [0.1, 0.15) is 11.4 Å². The molecular formula is C18H27N3O3. The number of ether oxygens (including phenoxy) is 2. The molecule has 2 heterocycles. The largest absolute Gasteiger partial charge is 0.477 e. The molecule has 3 rings (SSSR count). The van der Waals surface area contributed by atoms with Gasteiger partial charge in [0.05, 0.1) is 6.61 Å². The molecule has 1 aromatic heterocycles. The van der Waals surface area contributed by atoms with Crippen molar-refractivity contribution in [1.82, 2.24) is 9.88 Å². The molecule has 2 fully saturated rings. The molecule has 1 saturated heterocycles. The smallest absolute Gasteiger partial charge is 0.410 e. The molecule has 0 spiro atoms. The van der Waals surface area contributed by atoms with Crippen LogP contribution in [0.15, 0.2) is 18.2 Å². The third-order valence-electron chi connectivity index (χ3n) is 4.13. The second kappa shape index (κ2) is 6.87. The van der Waals surface area contributed by atoms with Gasteiger partial charge >= 0.3 is 6.09 Å². The fraction of sp³-hybridized carbons (Fsp3) is 0.667. The van der Waals surface area contributed by atoms with Crippen LogP contribution in [0.1, 0.15) is 33.6 Å². The molecule has 1 aliphatic carbocycles. The topological polar surface area (TPSA) is 54.9 Å². The lowest BCUT2D eigenvalue weighted by molar-refractivity contribution is 0.0240. The number of pyridine rings is 1. The van der Waals surface area contributed by atoms with Gasteiger partial charge in [-0.2, -0.15) is 4.98 Å². The molecule has 0 N–H and O–H groups in total. The van der Waals surface area contributed by atoms with Gasteiger partial charge in [-0.1, -0.05) is 6.07 Å². The monoisotopic (exact) mass is 333 g/mol. The van der Waals surface area contributed by atoms with Gasteiger partial charge in [0.25, 0.3) is 0 Å². The Balaban J connectivity index is 1.52. The predicted octanol–water partition coefficient (Wildman–Crippen LogP) is 2.93. The lowest BCUT2D eigenvalue weighted by Gasteiger charge is -2.36. The Morgan fingerprint density at radius 3 is 2.54 bits per heavy atom. The summed E-state index contributed by atoms with van der Waals surface area (Å²) in [5.41, 5.74) is -0.455. The Kier molecular flexibility index (Phi) is 4.83. The summed E-state index contributed by atoms with van der Waals surface area (Å²) in [5, 5.41) is 0. The third-order valence-corrected chi connectivity index (χ3v) is 4.13. The molecule has 24 heavy (non-hydrogen) atoms. The lowest BCUT2D eigenvalue weighted by Crippen LogP contribution is -2.50. The van der Waals surface area contributed by atoms with E-state index in [2.05, 4.69) is 9.88 Å². The van der Waals surface area contributed by atoms with Crippen molar-refractivity contribution in [3.8, 4) is 5.88 Å². The number of anilines is 1. The van der Waals surface area contributed by atoms with Crippen LogP contribution in [0.4, 0.5) is 10.6 Å². The van der Waals surface area contributed by atoms with Gasteiger partial charge in [-0.25, -0.2) is 4.79 Å². The quantitative estimate of drug-likeness (QED) is 0.848. The highest BCUT2D eigenvalue weighted by Crippen LogP contribution is 2.29. The maximum atomic E-state index is 12.1. The zero-order chi connectivity index (χ0) is 17.2. The zero-order valence-corrected chi connectivity index (χ0v) is 14.8. The highest BCUT2D eigenvalue weighted by atomic mass is 16.6. The Hall–Kier alpha value is -1.98. The molecule has 0 bridgehead atoms. The highest BCUT2D eigenvalue weighted by molar-refractivity contribution is 5.68. The molecule has 1 aromatic rings. The van der Waals surface area contributed by atoms with E-state index in [4.69, 9.17) is 9.47 Å². The van der Waals surface area contributed by atoms with Crippen LogP contribution in [0.25, 0.3) is 0 Å². The summed E-state index contributed by atoms with van der Waals surface area (Å²) >= 11 is 0. The number of amides is 1. The minimum atomic E-state index is -0.455. The Morgan fingerprint density at radius 1 is 1.21 bits per heavy atom. The van der Waals surface area contributed by atoms with Gasteiger partial charge in [-0.15, -0.1) is 0 Å². The first-order chi connectivity index (χ1) is 11.4. The molecular weight excluding hydrogens is 306 g/mol. The van der Waals surface area contributed by atoms with Gasteiger partial charge in [0.2, 0.25) is 5.88 Å². The summed E-state index contributed by atoms with van der Waals surface area (Å²) < 4.78 is 11.2. The average molecular weight is 333 g/mol. The highest BCUT2D eigenvalue weighted by Gasteiger charge is 2.26. The van der Waals surface area contributed by atoms with E-state index in [1.165, 1.54) is 12.8 Å².